The number of anilines is 1. The predicted octanol–water partition coefficient (Wildman–Crippen LogP) is 3.43. The van der Waals surface area contributed by atoms with Crippen LogP contribution in [0.25, 0.3) is 11.1 Å². The van der Waals surface area contributed by atoms with Crippen LogP contribution in [0.1, 0.15) is 43.0 Å². The molecule has 0 radical (unpaired) electrons. The first-order valence-corrected chi connectivity index (χ1v) is 9.96. The van der Waals surface area contributed by atoms with Gasteiger partial charge in [0.15, 0.2) is 9.84 Å². The summed E-state index contributed by atoms with van der Waals surface area (Å²) in [6, 6.07) is 8.71. The van der Waals surface area contributed by atoms with Gasteiger partial charge in [0.05, 0.1) is 10.6 Å². The maximum absolute atomic E-state index is 11.7. The van der Waals surface area contributed by atoms with Crippen molar-refractivity contribution in [2.75, 3.05) is 12.0 Å². The molecule has 1 aliphatic carbocycles. The molecule has 5 nitrogen and oxygen atoms in total. The van der Waals surface area contributed by atoms with Gasteiger partial charge in [0.1, 0.15) is 17.5 Å². The van der Waals surface area contributed by atoms with Gasteiger partial charge in [-0.05, 0) is 42.0 Å². The highest BCUT2D eigenvalue weighted by Crippen LogP contribution is 2.59. The van der Waals surface area contributed by atoms with Crippen LogP contribution in [0.4, 0.5) is 5.82 Å². The molecule has 1 aromatic heterocycles. The van der Waals surface area contributed by atoms with Crippen LogP contribution in [-0.2, 0) is 9.84 Å². The molecule has 3 rings (SSSR count). The number of nitrogens with zero attached hydrogens (tertiary/aromatic N) is 2. The van der Waals surface area contributed by atoms with Gasteiger partial charge in [-0.1, -0.05) is 26.0 Å². The summed E-state index contributed by atoms with van der Waals surface area (Å²) in [5.41, 5.74) is 9.98. The minimum absolute atomic E-state index is 0.190. The number of nitrogens with two attached hydrogens (primary N) is 1. The zero-order valence-corrected chi connectivity index (χ0v) is 15.6. The molecule has 1 aliphatic rings. The van der Waals surface area contributed by atoms with E-state index in [1.54, 1.807) is 24.3 Å². The number of sulfone groups is 1. The summed E-state index contributed by atoms with van der Waals surface area (Å²) in [5, 5.41) is 9.55. The molecular weight excluding hydrogens is 334 g/mol. The Hall–Kier alpha value is -2.39. The molecule has 1 atom stereocenters. The van der Waals surface area contributed by atoms with Gasteiger partial charge in [-0.15, -0.1) is 0 Å². The average molecular weight is 355 g/mol. The number of hydrogen-bond acceptors (Lipinski definition) is 5. The van der Waals surface area contributed by atoms with Gasteiger partial charge in [-0.25, -0.2) is 13.4 Å². The second-order valence-corrected chi connectivity index (χ2v) is 9.43. The standard InChI is InChI=1S/C19H21N3O2S/c1-11-16(12-5-7-13(8-6-12)25(4,23)24)14(10-20)18(21)22-17(11)15-9-19(15,2)3/h5-8,15H,9H2,1-4H3,(H2,21,22)/t15-/m1/s1. The molecule has 2 aromatic rings. The summed E-state index contributed by atoms with van der Waals surface area (Å²) in [6.45, 7) is 6.33. The van der Waals surface area contributed by atoms with Crippen LogP contribution < -0.4 is 5.73 Å². The molecule has 130 valence electrons. The SMILES string of the molecule is Cc1c([C@H]2CC2(C)C)nc(N)c(C#N)c1-c1ccc(S(C)(=O)=O)cc1. The summed E-state index contributed by atoms with van der Waals surface area (Å²) < 4.78 is 23.3. The van der Waals surface area contributed by atoms with E-state index in [1.807, 2.05) is 6.92 Å². The first-order valence-electron chi connectivity index (χ1n) is 8.07. The van der Waals surface area contributed by atoms with Gasteiger partial charge < -0.3 is 5.73 Å². The van der Waals surface area contributed by atoms with Crippen molar-refractivity contribution in [2.24, 2.45) is 5.41 Å². The van der Waals surface area contributed by atoms with E-state index in [1.165, 1.54) is 6.26 Å². The fourth-order valence-electron chi connectivity index (χ4n) is 3.33. The van der Waals surface area contributed by atoms with E-state index in [0.29, 0.717) is 11.5 Å². The Kier molecular flexibility index (Phi) is 3.88. The largest absolute Gasteiger partial charge is 0.383 e. The van der Waals surface area contributed by atoms with Crippen molar-refractivity contribution in [3.63, 3.8) is 0 Å². The molecule has 0 saturated heterocycles. The Bertz CT molecular complexity index is 1000. The quantitative estimate of drug-likeness (QED) is 0.910. The summed E-state index contributed by atoms with van der Waals surface area (Å²) in [7, 11) is -3.26. The molecule has 1 aromatic carbocycles. The fourth-order valence-corrected chi connectivity index (χ4v) is 3.96. The molecule has 6 heteroatoms. The first-order chi connectivity index (χ1) is 11.6. The first kappa shape index (κ1) is 17.4. The molecule has 0 unspecified atom stereocenters. The van der Waals surface area contributed by atoms with Crippen molar-refractivity contribution in [3.8, 4) is 17.2 Å². The smallest absolute Gasteiger partial charge is 0.175 e. The van der Waals surface area contributed by atoms with Gasteiger partial charge in [-0.3, -0.25) is 0 Å². The van der Waals surface area contributed by atoms with E-state index in [4.69, 9.17) is 5.73 Å². The minimum atomic E-state index is -3.26. The third kappa shape index (κ3) is 3.00. The highest BCUT2D eigenvalue weighted by Gasteiger charge is 2.48. The Morgan fingerprint density at radius 2 is 1.84 bits per heavy atom. The maximum atomic E-state index is 11.7. The summed E-state index contributed by atoms with van der Waals surface area (Å²) in [6.07, 6.45) is 2.21. The van der Waals surface area contributed by atoms with E-state index < -0.39 is 9.84 Å². The lowest BCUT2D eigenvalue weighted by atomic mass is 9.92. The van der Waals surface area contributed by atoms with Crippen LogP contribution in [0, 0.1) is 23.7 Å². The predicted molar refractivity (Wildman–Crippen MR) is 97.8 cm³/mol. The Balaban J connectivity index is 2.20. The number of rotatable bonds is 3. The number of benzene rings is 1. The summed E-state index contributed by atoms with van der Waals surface area (Å²) >= 11 is 0. The lowest BCUT2D eigenvalue weighted by Crippen LogP contribution is -2.06. The van der Waals surface area contributed by atoms with Crippen molar-refractivity contribution in [3.05, 3.63) is 41.1 Å². The van der Waals surface area contributed by atoms with Gasteiger partial charge in [0.25, 0.3) is 0 Å². The molecule has 25 heavy (non-hydrogen) atoms. The second-order valence-electron chi connectivity index (χ2n) is 7.41. The van der Waals surface area contributed by atoms with Crippen LogP contribution in [0.3, 0.4) is 0 Å². The topological polar surface area (TPSA) is 96.8 Å². The van der Waals surface area contributed by atoms with Crippen molar-refractivity contribution in [1.29, 1.82) is 5.26 Å². The van der Waals surface area contributed by atoms with Crippen molar-refractivity contribution >= 4 is 15.7 Å². The lowest BCUT2D eigenvalue weighted by Gasteiger charge is -2.16. The fraction of sp³-hybridized carbons (Fsp3) is 0.368. The van der Waals surface area contributed by atoms with Gasteiger partial charge >= 0.3 is 0 Å². The number of nitrogen functional groups attached to an aromatic ring is 1. The molecule has 0 spiro atoms. The van der Waals surface area contributed by atoms with Crippen molar-refractivity contribution in [1.82, 2.24) is 4.98 Å². The van der Waals surface area contributed by atoms with E-state index in [0.717, 1.165) is 28.8 Å². The number of hydrogen-bond donors (Lipinski definition) is 1. The number of pyridine rings is 1. The molecule has 2 N–H and O–H groups in total. The number of aromatic nitrogens is 1. The van der Waals surface area contributed by atoms with E-state index in [-0.39, 0.29) is 16.1 Å². The molecule has 0 bridgehead atoms. The van der Waals surface area contributed by atoms with Crippen LogP contribution in [0.5, 0.6) is 0 Å². The minimum Gasteiger partial charge on any atom is -0.383 e. The monoisotopic (exact) mass is 355 g/mol. The van der Waals surface area contributed by atoms with Crippen molar-refractivity contribution < 1.29 is 8.42 Å². The molecule has 1 saturated carbocycles. The van der Waals surface area contributed by atoms with Crippen LogP contribution in [-0.4, -0.2) is 19.7 Å². The van der Waals surface area contributed by atoms with Crippen LogP contribution >= 0.6 is 0 Å². The van der Waals surface area contributed by atoms with Gasteiger partial charge in [0.2, 0.25) is 0 Å². The summed E-state index contributed by atoms with van der Waals surface area (Å²) in [4.78, 5) is 4.75. The zero-order valence-electron chi connectivity index (χ0n) is 14.8. The average Bonchev–Trinajstić information content (AvgIpc) is 3.16. The Morgan fingerprint density at radius 1 is 1.28 bits per heavy atom. The van der Waals surface area contributed by atoms with Crippen molar-refractivity contribution in [2.45, 2.75) is 38.0 Å². The summed E-state index contributed by atoms with van der Waals surface area (Å²) in [5.74, 6) is 0.560. The third-order valence-electron chi connectivity index (χ3n) is 5.03. The second kappa shape index (κ2) is 5.57. The highest BCUT2D eigenvalue weighted by molar-refractivity contribution is 7.90. The Labute approximate surface area is 148 Å². The normalized spacial score (nSPS) is 18.6. The van der Waals surface area contributed by atoms with E-state index in [9.17, 15) is 13.7 Å². The lowest BCUT2D eigenvalue weighted by molar-refractivity contribution is 0.602. The van der Waals surface area contributed by atoms with E-state index in [2.05, 4.69) is 24.9 Å². The highest BCUT2D eigenvalue weighted by atomic mass is 32.2. The zero-order chi connectivity index (χ0) is 18.6. The molecule has 0 aliphatic heterocycles. The molecule has 1 fully saturated rings. The number of nitriles is 1. The van der Waals surface area contributed by atoms with E-state index >= 15 is 0 Å². The van der Waals surface area contributed by atoms with Gasteiger partial charge in [0, 0.05) is 17.7 Å². The third-order valence-corrected chi connectivity index (χ3v) is 6.16. The van der Waals surface area contributed by atoms with Crippen LogP contribution in [0.15, 0.2) is 29.2 Å². The molecule has 1 heterocycles. The van der Waals surface area contributed by atoms with Gasteiger partial charge in [-0.2, -0.15) is 5.26 Å². The van der Waals surface area contributed by atoms with Crippen LogP contribution in [0.2, 0.25) is 0 Å². The molecule has 0 amide bonds. The molecular formula is C19H21N3O2S. The maximum Gasteiger partial charge on any atom is 0.175 e. The Morgan fingerprint density at radius 3 is 2.28 bits per heavy atom.